The smallest absolute Gasteiger partial charge is 0.101 e. The Balaban J connectivity index is 2.36. The minimum Gasteiger partial charge on any atom is -0.257 e. The normalized spacial score (nSPS) is 13.3. The summed E-state index contributed by atoms with van der Waals surface area (Å²) in [5, 5.41) is 9.23. The Kier molecular flexibility index (Phi) is 9.65. The van der Waals surface area contributed by atoms with Crippen LogP contribution >= 0.6 is 0 Å². The standard InChI is InChI=1S/C28H29N3/c1-5-11-23(17-19-30-27-15-9-7-13-25(27)21-29)24(12-6-2)18-20-31-28-16-10-8-14-26(28)22(3)4/h5-20,22H,1-4H3/b11-5-,12-6-,23-17+,24-18-,30-19+,31-20+. The van der Waals surface area contributed by atoms with Gasteiger partial charge in [-0.15, -0.1) is 0 Å². The average molecular weight is 408 g/mol. The van der Waals surface area contributed by atoms with Crippen molar-refractivity contribution in [1.29, 1.82) is 5.26 Å². The molecule has 0 aromatic heterocycles. The molecule has 3 nitrogen and oxygen atoms in total. The summed E-state index contributed by atoms with van der Waals surface area (Å²) < 4.78 is 0. The zero-order chi connectivity index (χ0) is 22.5. The van der Waals surface area contributed by atoms with Crippen molar-refractivity contribution in [2.24, 2.45) is 9.98 Å². The Hall–Kier alpha value is -3.77. The van der Waals surface area contributed by atoms with E-state index < -0.39 is 0 Å². The lowest BCUT2D eigenvalue weighted by Gasteiger charge is -2.08. The number of nitriles is 1. The van der Waals surface area contributed by atoms with Crippen molar-refractivity contribution in [3.63, 3.8) is 0 Å². The van der Waals surface area contributed by atoms with Crippen molar-refractivity contribution >= 4 is 23.8 Å². The molecule has 0 spiro atoms. The molecule has 2 aromatic rings. The topological polar surface area (TPSA) is 48.5 Å². The first-order valence-electron chi connectivity index (χ1n) is 10.4. The molecule has 0 atom stereocenters. The molecule has 0 radical (unpaired) electrons. The Morgan fingerprint density at radius 3 is 1.87 bits per heavy atom. The predicted molar refractivity (Wildman–Crippen MR) is 134 cm³/mol. The van der Waals surface area contributed by atoms with E-state index in [2.05, 4.69) is 36.0 Å². The van der Waals surface area contributed by atoms with Crippen LogP contribution in [0, 0.1) is 11.3 Å². The van der Waals surface area contributed by atoms with Gasteiger partial charge in [0.2, 0.25) is 0 Å². The number of rotatable bonds is 8. The minimum atomic E-state index is 0.415. The number of benzene rings is 2. The molecule has 31 heavy (non-hydrogen) atoms. The highest BCUT2D eigenvalue weighted by Crippen LogP contribution is 2.26. The summed E-state index contributed by atoms with van der Waals surface area (Å²) in [5.41, 5.74) is 5.45. The molecule has 0 N–H and O–H groups in total. The van der Waals surface area contributed by atoms with Crippen LogP contribution in [-0.4, -0.2) is 12.4 Å². The van der Waals surface area contributed by atoms with E-state index in [0.29, 0.717) is 17.2 Å². The molecular weight excluding hydrogens is 378 g/mol. The first-order valence-corrected chi connectivity index (χ1v) is 10.4. The third-order valence-electron chi connectivity index (χ3n) is 4.54. The van der Waals surface area contributed by atoms with Crippen molar-refractivity contribution in [2.45, 2.75) is 33.6 Å². The fraction of sp³-hybridized carbons (Fsp3) is 0.179. The van der Waals surface area contributed by atoms with Crippen molar-refractivity contribution in [2.75, 3.05) is 0 Å². The number of hydrogen-bond acceptors (Lipinski definition) is 3. The van der Waals surface area contributed by atoms with Crippen LogP contribution in [0.15, 0.2) is 106 Å². The lowest BCUT2D eigenvalue weighted by Crippen LogP contribution is -1.88. The van der Waals surface area contributed by atoms with Crippen LogP contribution in [0.25, 0.3) is 0 Å². The Bertz CT molecular complexity index is 1090. The fourth-order valence-electron chi connectivity index (χ4n) is 3.02. The van der Waals surface area contributed by atoms with Gasteiger partial charge in [-0.2, -0.15) is 5.26 Å². The van der Waals surface area contributed by atoms with E-state index in [-0.39, 0.29) is 0 Å². The van der Waals surface area contributed by atoms with Crippen LogP contribution in [0.3, 0.4) is 0 Å². The van der Waals surface area contributed by atoms with Crippen LogP contribution in [-0.2, 0) is 0 Å². The molecular formula is C28H29N3. The van der Waals surface area contributed by atoms with Gasteiger partial charge in [-0.3, -0.25) is 9.98 Å². The molecule has 0 fully saturated rings. The third-order valence-corrected chi connectivity index (χ3v) is 4.54. The molecule has 0 amide bonds. The Morgan fingerprint density at radius 2 is 1.32 bits per heavy atom. The van der Waals surface area contributed by atoms with E-state index in [1.54, 1.807) is 12.3 Å². The monoisotopic (exact) mass is 407 g/mol. The van der Waals surface area contributed by atoms with Crippen molar-refractivity contribution in [3.05, 3.63) is 107 Å². The maximum absolute atomic E-state index is 9.23. The summed E-state index contributed by atoms with van der Waals surface area (Å²) >= 11 is 0. The molecule has 2 aromatic carbocycles. The Labute approximate surface area is 186 Å². The summed E-state index contributed by atoms with van der Waals surface area (Å²) in [6, 6.07) is 17.7. The summed E-state index contributed by atoms with van der Waals surface area (Å²) in [4.78, 5) is 9.14. The molecule has 0 aliphatic carbocycles. The summed E-state index contributed by atoms with van der Waals surface area (Å²) in [6.45, 7) is 8.32. The third kappa shape index (κ3) is 7.21. The largest absolute Gasteiger partial charge is 0.257 e. The van der Waals surface area contributed by atoms with Gasteiger partial charge in [-0.1, -0.05) is 68.5 Å². The maximum Gasteiger partial charge on any atom is 0.101 e. The molecule has 0 aliphatic heterocycles. The van der Waals surface area contributed by atoms with E-state index in [0.717, 1.165) is 16.8 Å². The first-order chi connectivity index (χ1) is 15.1. The second kappa shape index (κ2) is 12.7. The van der Waals surface area contributed by atoms with Gasteiger partial charge >= 0.3 is 0 Å². The summed E-state index contributed by atoms with van der Waals surface area (Å²) in [5.74, 6) is 0.415. The minimum absolute atomic E-state index is 0.415. The van der Waals surface area contributed by atoms with Gasteiger partial charge in [0.1, 0.15) is 6.07 Å². The van der Waals surface area contributed by atoms with Crippen molar-refractivity contribution in [3.8, 4) is 6.07 Å². The van der Waals surface area contributed by atoms with E-state index in [4.69, 9.17) is 0 Å². The second-order valence-corrected chi connectivity index (χ2v) is 7.14. The molecule has 2 rings (SSSR count). The van der Waals surface area contributed by atoms with Crippen LogP contribution in [0.5, 0.6) is 0 Å². The number of hydrogen-bond donors (Lipinski definition) is 0. The summed E-state index contributed by atoms with van der Waals surface area (Å²) in [6.07, 6.45) is 15.6. The van der Waals surface area contributed by atoms with Crippen LogP contribution in [0.2, 0.25) is 0 Å². The molecule has 0 heterocycles. The molecule has 0 aliphatic rings. The lowest BCUT2D eigenvalue weighted by atomic mass is 10.0. The second-order valence-electron chi connectivity index (χ2n) is 7.14. The molecule has 0 saturated carbocycles. The molecule has 3 heteroatoms. The van der Waals surface area contributed by atoms with E-state index >= 15 is 0 Å². The van der Waals surface area contributed by atoms with Gasteiger partial charge in [0.15, 0.2) is 0 Å². The number of allylic oxidation sites excluding steroid dienone is 8. The highest BCUT2D eigenvalue weighted by Gasteiger charge is 2.03. The number of aliphatic imine (C=N–C) groups is 2. The molecule has 0 bridgehead atoms. The quantitative estimate of drug-likeness (QED) is 0.325. The van der Waals surface area contributed by atoms with Crippen LogP contribution in [0.1, 0.15) is 44.7 Å². The number of nitrogens with zero attached hydrogens (tertiary/aromatic N) is 3. The fourth-order valence-corrected chi connectivity index (χ4v) is 3.02. The maximum atomic E-state index is 9.23. The van der Waals surface area contributed by atoms with Gasteiger partial charge in [0, 0.05) is 12.4 Å². The van der Waals surface area contributed by atoms with Gasteiger partial charge in [-0.05, 0) is 66.8 Å². The predicted octanol–water partition coefficient (Wildman–Crippen LogP) is 7.79. The summed E-state index contributed by atoms with van der Waals surface area (Å²) in [7, 11) is 0. The van der Waals surface area contributed by atoms with E-state index in [9.17, 15) is 5.26 Å². The van der Waals surface area contributed by atoms with Gasteiger partial charge < -0.3 is 0 Å². The van der Waals surface area contributed by atoms with Crippen molar-refractivity contribution in [1.82, 2.24) is 0 Å². The van der Waals surface area contributed by atoms with E-state index in [1.165, 1.54) is 5.56 Å². The molecule has 156 valence electrons. The van der Waals surface area contributed by atoms with E-state index in [1.807, 2.05) is 92.9 Å². The SMILES string of the molecule is C\C=C/C(=C/C=N/c1ccccc1C(C)C)C(/C=C\C)=C/C=N/c1ccccc1C#N. The molecule has 0 saturated heterocycles. The lowest BCUT2D eigenvalue weighted by molar-refractivity contribution is 0.867. The van der Waals surface area contributed by atoms with Gasteiger partial charge in [-0.25, -0.2) is 0 Å². The number of para-hydroxylation sites is 2. The zero-order valence-corrected chi connectivity index (χ0v) is 18.7. The average Bonchev–Trinajstić information content (AvgIpc) is 2.78. The highest BCUT2D eigenvalue weighted by molar-refractivity contribution is 5.82. The van der Waals surface area contributed by atoms with Gasteiger partial charge in [0.05, 0.1) is 16.9 Å². The van der Waals surface area contributed by atoms with Crippen LogP contribution in [0.4, 0.5) is 11.4 Å². The first kappa shape index (κ1) is 23.5. The Morgan fingerprint density at radius 1 is 0.806 bits per heavy atom. The van der Waals surface area contributed by atoms with Gasteiger partial charge in [0.25, 0.3) is 0 Å². The van der Waals surface area contributed by atoms with Crippen LogP contribution < -0.4 is 0 Å². The zero-order valence-electron chi connectivity index (χ0n) is 18.7. The van der Waals surface area contributed by atoms with Crippen molar-refractivity contribution < 1.29 is 0 Å². The highest BCUT2D eigenvalue weighted by atomic mass is 14.7. The molecule has 0 unspecified atom stereocenters.